The topological polar surface area (TPSA) is 44.7 Å². The number of likely N-dealkylation sites (N-methyl/N-ethyl adjacent to an activating group) is 1. The van der Waals surface area contributed by atoms with Crippen LogP contribution in [0.4, 0.5) is 0 Å². The quantitative estimate of drug-likeness (QED) is 0.569. The summed E-state index contributed by atoms with van der Waals surface area (Å²) in [4.78, 5) is 14.9. The van der Waals surface area contributed by atoms with Crippen LogP contribution in [0.2, 0.25) is 0 Å². The van der Waals surface area contributed by atoms with E-state index >= 15 is 0 Å². The van der Waals surface area contributed by atoms with Crippen LogP contribution in [0.1, 0.15) is 20.8 Å². The van der Waals surface area contributed by atoms with Gasteiger partial charge in [0.15, 0.2) is 5.96 Å². The van der Waals surface area contributed by atoms with E-state index in [0.717, 1.165) is 25.3 Å². The number of rotatable bonds is 0. The second-order valence-electron chi connectivity index (χ2n) is 2.13. The molecule has 13 heavy (non-hydrogen) atoms. The molecule has 0 amide bonds. The Morgan fingerprint density at radius 2 is 2.00 bits per heavy atom. The Morgan fingerprint density at radius 3 is 2.15 bits per heavy atom. The van der Waals surface area contributed by atoms with Gasteiger partial charge < -0.3 is 15.0 Å². The number of guanidine groups is 1. The third-order valence-electron chi connectivity index (χ3n) is 1.30. The molecule has 0 bridgehead atoms. The fourth-order valence-corrected chi connectivity index (χ4v) is 0.826. The summed E-state index contributed by atoms with van der Waals surface area (Å²) in [6.45, 7) is 7.55. The minimum absolute atomic E-state index is 0.750. The van der Waals surface area contributed by atoms with E-state index in [9.17, 15) is 0 Å². The second-order valence-corrected chi connectivity index (χ2v) is 2.13. The molecule has 0 saturated carbocycles. The number of aliphatic imine (C=N–C) groups is 1. The Hall–Kier alpha value is -1.06. The lowest BCUT2D eigenvalue weighted by molar-refractivity contribution is -0.106. The molecule has 0 radical (unpaired) electrons. The fourth-order valence-electron chi connectivity index (χ4n) is 0.826. The standard InChI is InChI=1S/C5H11N3.C2H4O.C2H6/c1-6-5-7-3-4-8(5)2;1-2-3;1-2/h3-4H2,1-2H3,(H,6,7);2H,1H3;1-2H3. The lowest BCUT2D eigenvalue weighted by Gasteiger charge is -2.07. The van der Waals surface area contributed by atoms with Gasteiger partial charge >= 0.3 is 0 Å². The molecular weight excluding hydrogens is 166 g/mol. The van der Waals surface area contributed by atoms with Crippen molar-refractivity contribution in [3.05, 3.63) is 0 Å². The molecule has 1 rings (SSSR count). The lowest BCUT2D eigenvalue weighted by Crippen LogP contribution is -2.25. The molecule has 0 spiro atoms. The lowest BCUT2D eigenvalue weighted by atomic mass is 10.7. The highest BCUT2D eigenvalue weighted by Crippen LogP contribution is 1.89. The first-order chi connectivity index (χ1) is 6.26. The molecule has 0 atom stereocenters. The molecule has 4 nitrogen and oxygen atoms in total. The van der Waals surface area contributed by atoms with Gasteiger partial charge in [0.1, 0.15) is 6.29 Å². The number of aldehydes is 1. The normalized spacial score (nSPS) is 16.4. The van der Waals surface area contributed by atoms with E-state index in [4.69, 9.17) is 4.79 Å². The molecule has 1 aliphatic rings. The Balaban J connectivity index is 0. The molecule has 0 aromatic heterocycles. The van der Waals surface area contributed by atoms with Gasteiger partial charge in [-0.15, -0.1) is 0 Å². The molecule has 0 aromatic rings. The minimum atomic E-state index is 0.750. The maximum Gasteiger partial charge on any atom is 0.193 e. The minimum Gasteiger partial charge on any atom is -0.354 e. The largest absolute Gasteiger partial charge is 0.354 e. The second kappa shape index (κ2) is 10.9. The van der Waals surface area contributed by atoms with Crippen LogP contribution in [0.15, 0.2) is 4.99 Å². The van der Waals surface area contributed by atoms with Crippen LogP contribution in [0.5, 0.6) is 0 Å². The predicted molar refractivity (Wildman–Crippen MR) is 57.1 cm³/mol. The van der Waals surface area contributed by atoms with Gasteiger partial charge in [-0.25, -0.2) is 0 Å². The van der Waals surface area contributed by atoms with Crippen molar-refractivity contribution < 1.29 is 4.79 Å². The van der Waals surface area contributed by atoms with Crippen molar-refractivity contribution in [3.8, 4) is 0 Å². The van der Waals surface area contributed by atoms with Crippen molar-refractivity contribution in [3.63, 3.8) is 0 Å². The number of carbonyl (C=O) groups is 1. The van der Waals surface area contributed by atoms with E-state index in [1.165, 1.54) is 6.92 Å². The average Bonchev–Trinajstić information content (AvgIpc) is 2.56. The monoisotopic (exact) mass is 187 g/mol. The van der Waals surface area contributed by atoms with Gasteiger partial charge in [-0.2, -0.15) is 0 Å². The first kappa shape index (κ1) is 14.5. The van der Waals surface area contributed by atoms with Crippen LogP contribution in [0.25, 0.3) is 0 Å². The maximum absolute atomic E-state index is 8.81. The highest BCUT2D eigenvalue weighted by atomic mass is 16.1. The summed E-state index contributed by atoms with van der Waals surface area (Å²) in [7, 11) is 3.83. The Morgan fingerprint density at radius 1 is 1.54 bits per heavy atom. The van der Waals surface area contributed by atoms with Crippen LogP contribution in [-0.2, 0) is 4.79 Å². The Labute approximate surface area is 81.0 Å². The molecular formula is C9H21N3O. The fraction of sp³-hybridized carbons (Fsp3) is 0.778. The van der Waals surface area contributed by atoms with Crippen molar-refractivity contribution in [1.82, 2.24) is 10.2 Å². The molecule has 1 heterocycles. The van der Waals surface area contributed by atoms with Crippen LogP contribution >= 0.6 is 0 Å². The summed E-state index contributed by atoms with van der Waals surface area (Å²) < 4.78 is 0. The molecule has 1 saturated heterocycles. The van der Waals surface area contributed by atoms with Gasteiger partial charge in [0, 0.05) is 27.2 Å². The summed E-state index contributed by atoms with van der Waals surface area (Å²) in [6, 6.07) is 0. The van der Waals surface area contributed by atoms with E-state index in [-0.39, 0.29) is 0 Å². The van der Waals surface area contributed by atoms with Gasteiger partial charge in [0.2, 0.25) is 0 Å². The van der Waals surface area contributed by atoms with Gasteiger partial charge in [-0.1, -0.05) is 13.8 Å². The SMILES string of the molecule is CC.CC=O.CN=C1NCCN1C. The molecule has 78 valence electrons. The van der Waals surface area contributed by atoms with E-state index in [1.54, 1.807) is 7.05 Å². The summed E-state index contributed by atoms with van der Waals surface area (Å²) >= 11 is 0. The molecule has 1 fully saturated rings. The van der Waals surface area contributed by atoms with Crippen molar-refractivity contribution in [2.75, 3.05) is 27.2 Å². The number of nitrogens with zero attached hydrogens (tertiary/aromatic N) is 2. The Bertz CT molecular complexity index is 146. The van der Waals surface area contributed by atoms with Crippen LogP contribution in [-0.4, -0.2) is 44.3 Å². The van der Waals surface area contributed by atoms with E-state index < -0.39 is 0 Å². The number of carbonyl (C=O) groups excluding carboxylic acids is 1. The van der Waals surface area contributed by atoms with Crippen LogP contribution in [0, 0.1) is 0 Å². The summed E-state index contributed by atoms with van der Waals surface area (Å²) in [6.07, 6.45) is 0.750. The smallest absolute Gasteiger partial charge is 0.193 e. The third kappa shape index (κ3) is 7.31. The Kier molecular flexibility index (Phi) is 12.2. The van der Waals surface area contributed by atoms with E-state index in [2.05, 4.69) is 15.2 Å². The first-order valence-electron chi connectivity index (χ1n) is 4.57. The predicted octanol–water partition coefficient (Wildman–Crippen LogP) is 0.739. The van der Waals surface area contributed by atoms with Crippen molar-refractivity contribution in [2.24, 2.45) is 4.99 Å². The molecule has 0 aromatic carbocycles. The van der Waals surface area contributed by atoms with Crippen molar-refractivity contribution in [2.45, 2.75) is 20.8 Å². The maximum atomic E-state index is 8.81. The zero-order valence-corrected chi connectivity index (χ0v) is 9.29. The van der Waals surface area contributed by atoms with Gasteiger partial charge in [-0.05, 0) is 6.92 Å². The van der Waals surface area contributed by atoms with Crippen LogP contribution in [0.3, 0.4) is 0 Å². The zero-order valence-electron chi connectivity index (χ0n) is 9.29. The zero-order chi connectivity index (χ0) is 10.7. The number of hydrogen-bond acceptors (Lipinski definition) is 2. The van der Waals surface area contributed by atoms with Gasteiger partial charge in [0.25, 0.3) is 0 Å². The van der Waals surface area contributed by atoms with Crippen molar-refractivity contribution >= 4 is 12.2 Å². The molecule has 1 N–H and O–H groups in total. The van der Waals surface area contributed by atoms with Gasteiger partial charge in [0.05, 0.1) is 0 Å². The van der Waals surface area contributed by atoms with E-state index in [0.29, 0.717) is 0 Å². The summed E-state index contributed by atoms with van der Waals surface area (Å²) in [5, 5.41) is 3.13. The molecule has 1 aliphatic heterocycles. The number of hydrogen-bond donors (Lipinski definition) is 1. The third-order valence-corrected chi connectivity index (χ3v) is 1.30. The van der Waals surface area contributed by atoms with Crippen LogP contribution < -0.4 is 5.32 Å². The molecule has 0 aliphatic carbocycles. The highest BCUT2D eigenvalue weighted by Gasteiger charge is 2.10. The first-order valence-corrected chi connectivity index (χ1v) is 4.57. The summed E-state index contributed by atoms with van der Waals surface area (Å²) in [5.74, 6) is 1.00. The average molecular weight is 187 g/mol. The molecule has 4 heteroatoms. The van der Waals surface area contributed by atoms with Crippen molar-refractivity contribution in [1.29, 1.82) is 0 Å². The van der Waals surface area contributed by atoms with Gasteiger partial charge in [-0.3, -0.25) is 4.99 Å². The highest BCUT2D eigenvalue weighted by molar-refractivity contribution is 5.81. The van der Waals surface area contributed by atoms with E-state index in [1.807, 2.05) is 20.9 Å². The number of nitrogens with one attached hydrogen (secondary N) is 1. The molecule has 0 unspecified atom stereocenters. The summed E-state index contributed by atoms with van der Waals surface area (Å²) in [5.41, 5.74) is 0.